The summed E-state index contributed by atoms with van der Waals surface area (Å²) in [5.41, 5.74) is 3.52. The molecule has 0 aliphatic carbocycles. The summed E-state index contributed by atoms with van der Waals surface area (Å²) in [4.78, 5) is 33.4. The van der Waals surface area contributed by atoms with Gasteiger partial charge in [-0.15, -0.1) is 0 Å². The third-order valence-corrected chi connectivity index (χ3v) is 3.07. The maximum absolute atomic E-state index is 12.0. The van der Waals surface area contributed by atoms with Crippen molar-refractivity contribution in [3.63, 3.8) is 0 Å². The Morgan fingerprint density at radius 3 is 2.55 bits per heavy atom. The van der Waals surface area contributed by atoms with Gasteiger partial charge in [-0.3, -0.25) is 24.4 Å². The molecule has 1 aliphatic heterocycles. The molecule has 1 amide bonds. The van der Waals surface area contributed by atoms with Gasteiger partial charge in [0.1, 0.15) is 17.8 Å². The van der Waals surface area contributed by atoms with E-state index in [-0.39, 0.29) is 0 Å². The first-order valence-electron chi connectivity index (χ1n) is 6.60. The second-order valence-electron chi connectivity index (χ2n) is 5.95. The zero-order chi connectivity index (χ0) is 16.7. The molecule has 0 spiro atoms. The largest absolute Gasteiger partial charge is 0.459 e. The van der Waals surface area contributed by atoms with Crippen molar-refractivity contribution < 1.29 is 19.2 Å². The number of nitrogens with one attached hydrogen (secondary N) is 1. The number of nitrogens with two attached hydrogens (primary N) is 1. The highest BCUT2D eigenvalue weighted by molar-refractivity contribution is 5.94. The SMILES string of the molecule is CC(C)(C)OC(=O)C1NCC1n1cc([N+](=O)[O-])c(C(N)=O)n1. The van der Waals surface area contributed by atoms with E-state index in [9.17, 15) is 19.7 Å². The van der Waals surface area contributed by atoms with Crippen LogP contribution in [-0.4, -0.2) is 44.8 Å². The topological polar surface area (TPSA) is 142 Å². The van der Waals surface area contributed by atoms with Crippen molar-refractivity contribution in [3.8, 4) is 0 Å². The first-order chi connectivity index (χ1) is 10.1. The van der Waals surface area contributed by atoms with Gasteiger partial charge in [0.2, 0.25) is 5.69 Å². The van der Waals surface area contributed by atoms with E-state index in [0.29, 0.717) is 6.54 Å². The lowest BCUT2D eigenvalue weighted by Crippen LogP contribution is -2.59. The fourth-order valence-corrected chi connectivity index (χ4v) is 2.05. The zero-order valence-electron chi connectivity index (χ0n) is 12.4. The molecule has 0 bridgehead atoms. The van der Waals surface area contributed by atoms with Crippen LogP contribution in [0.25, 0.3) is 0 Å². The summed E-state index contributed by atoms with van der Waals surface area (Å²) in [5, 5.41) is 17.6. The lowest BCUT2D eigenvalue weighted by atomic mass is 10.0. The molecule has 0 aromatic carbocycles. The maximum atomic E-state index is 12.0. The molecule has 3 N–H and O–H groups in total. The number of carbonyl (C=O) groups is 2. The molecule has 10 nitrogen and oxygen atoms in total. The smallest absolute Gasteiger partial charge is 0.325 e. The predicted molar refractivity (Wildman–Crippen MR) is 74.1 cm³/mol. The lowest BCUT2D eigenvalue weighted by Gasteiger charge is -2.37. The number of ether oxygens (including phenoxy) is 1. The van der Waals surface area contributed by atoms with E-state index in [4.69, 9.17) is 10.5 Å². The number of nitrogens with zero attached hydrogens (tertiary/aromatic N) is 3. The molecule has 10 heteroatoms. The average molecular weight is 311 g/mol. The molecule has 2 atom stereocenters. The number of rotatable bonds is 4. The molecular weight excluding hydrogens is 294 g/mol. The Morgan fingerprint density at radius 2 is 2.18 bits per heavy atom. The Balaban J connectivity index is 2.22. The minimum Gasteiger partial charge on any atom is -0.459 e. The van der Waals surface area contributed by atoms with Crippen molar-refractivity contribution in [3.05, 3.63) is 22.0 Å². The number of primary amides is 1. The highest BCUT2D eigenvalue weighted by Crippen LogP contribution is 2.26. The monoisotopic (exact) mass is 311 g/mol. The van der Waals surface area contributed by atoms with Crippen LogP contribution in [0.3, 0.4) is 0 Å². The van der Waals surface area contributed by atoms with E-state index in [1.807, 2.05) is 0 Å². The number of nitro groups is 1. The number of carbonyl (C=O) groups excluding carboxylic acids is 2. The minimum atomic E-state index is -0.994. The van der Waals surface area contributed by atoms with E-state index in [2.05, 4.69) is 10.4 Å². The van der Waals surface area contributed by atoms with E-state index >= 15 is 0 Å². The average Bonchev–Trinajstić information content (AvgIpc) is 2.69. The number of amides is 1. The first kappa shape index (κ1) is 15.9. The van der Waals surface area contributed by atoms with Crippen LogP contribution in [0.15, 0.2) is 6.20 Å². The number of aromatic nitrogens is 2. The van der Waals surface area contributed by atoms with Gasteiger partial charge in [0.05, 0.1) is 11.0 Å². The molecule has 0 saturated carbocycles. The highest BCUT2D eigenvalue weighted by Gasteiger charge is 2.42. The van der Waals surface area contributed by atoms with Crippen molar-refractivity contribution in [1.82, 2.24) is 15.1 Å². The molecule has 0 radical (unpaired) electrons. The quantitative estimate of drug-likeness (QED) is 0.443. The highest BCUT2D eigenvalue weighted by atomic mass is 16.6. The van der Waals surface area contributed by atoms with Crippen molar-refractivity contribution >= 4 is 17.6 Å². The van der Waals surface area contributed by atoms with Gasteiger partial charge in [-0.1, -0.05) is 0 Å². The number of hydrogen-bond donors (Lipinski definition) is 2. The van der Waals surface area contributed by atoms with Gasteiger partial charge in [-0.05, 0) is 20.8 Å². The van der Waals surface area contributed by atoms with Crippen LogP contribution in [0.4, 0.5) is 5.69 Å². The maximum Gasteiger partial charge on any atom is 0.325 e. The normalized spacial score (nSPS) is 21.0. The lowest BCUT2D eigenvalue weighted by molar-refractivity contribution is -0.385. The van der Waals surface area contributed by atoms with Crippen molar-refractivity contribution in [2.24, 2.45) is 5.73 Å². The van der Waals surface area contributed by atoms with Crippen molar-refractivity contribution in [2.45, 2.75) is 38.5 Å². The van der Waals surface area contributed by atoms with Crippen LogP contribution in [-0.2, 0) is 9.53 Å². The first-order valence-corrected chi connectivity index (χ1v) is 6.60. The summed E-state index contributed by atoms with van der Waals surface area (Å²) in [7, 11) is 0. The van der Waals surface area contributed by atoms with Gasteiger partial charge in [0, 0.05) is 6.54 Å². The van der Waals surface area contributed by atoms with Gasteiger partial charge in [-0.2, -0.15) is 5.10 Å². The van der Waals surface area contributed by atoms with Crippen LogP contribution >= 0.6 is 0 Å². The Morgan fingerprint density at radius 1 is 1.55 bits per heavy atom. The molecule has 1 aliphatic rings. The minimum absolute atomic E-state index is 0.376. The van der Waals surface area contributed by atoms with Gasteiger partial charge in [-0.25, -0.2) is 0 Å². The van der Waals surface area contributed by atoms with Crippen LogP contribution < -0.4 is 11.1 Å². The molecule has 120 valence electrons. The van der Waals surface area contributed by atoms with E-state index in [1.54, 1.807) is 20.8 Å². The summed E-state index contributed by atoms with van der Waals surface area (Å²) in [6.07, 6.45) is 1.10. The summed E-state index contributed by atoms with van der Waals surface area (Å²) in [6, 6.07) is -1.15. The van der Waals surface area contributed by atoms with Crippen molar-refractivity contribution in [1.29, 1.82) is 0 Å². The molecular formula is C12H17N5O5. The fraction of sp³-hybridized carbons (Fsp3) is 0.583. The summed E-state index contributed by atoms with van der Waals surface area (Å²) in [5.74, 6) is -1.48. The Labute approximate surface area is 125 Å². The van der Waals surface area contributed by atoms with E-state index in [1.165, 1.54) is 4.68 Å². The molecule has 1 saturated heterocycles. The predicted octanol–water partition coefficient (Wildman–Crippen LogP) is -0.255. The standard InChI is InChI=1S/C12H17N5O5/c1-12(2,3)22-11(19)9-6(4-14-9)16-5-7(17(20)21)8(15-16)10(13)18/h5-6,9,14H,4H2,1-3H3,(H2,13,18). The Kier molecular flexibility index (Phi) is 3.88. The molecule has 1 fully saturated rings. The van der Waals surface area contributed by atoms with E-state index in [0.717, 1.165) is 6.20 Å². The third kappa shape index (κ3) is 3.06. The van der Waals surface area contributed by atoms with Gasteiger partial charge in [0.25, 0.3) is 5.91 Å². The van der Waals surface area contributed by atoms with Gasteiger partial charge < -0.3 is 15.8 Å². The third-order valence-electron chi connectivity index (χ3n) is 3.07. The molecule has 22 heavy (non-hydrogen) atoms. The van der Waals surface area contributed by atoms with Crippen molar-refractivity contribution in [2.75, 3.05) is 6.54 Å². The summed E-state index contributed by atoms with van der Waals surface area (Å²) >= 11 is 0. The van der Waals surface area contributed by atoms with Gasteiger partial charge >= 0.3 is 11.7 Å². The Hall–Kier alpha value is -2.49. The molecule has 1 aromatic rings. The number of hydrogen-bond acceptors (Lipinski definition) is 7. The molecule has 1 aromatic heterocycles. The molecule has 2 unspecified atom stereocenters. The Bertz CT molecular complexity index is 601. The summed E-state index contributed by atoms with van der Waals surface area (Å²) in [6.45, 7) is 5.59. The van der Waals surface area contributed by atoms with Crippen LogP contribution in [0.1, 0.15) is 37.3 Å². The van der Waals surface area contributed by atoms with Crippen LogP contribution in [0, 0.1) is 10.1 Å². The second kappa shape index (κ2) is 5.37. The van der Waals surface area contributed by atoms with E-state index < -0.39 is 45.9 Å². The zero-order valence-corrected chi connectivity index (χ0v) is 12.4. The molecule has 2 heterocycles. The fourth-order valence-electron chi connectivity index (χ4n) is 2.05. The van der Waals surface area contributed by atoms with Crippen LogP contribution in [0.5, 0.6) is 0 Å². The molecule has 2 rings (SSSR count). The van der Waals surface area contributed by atoms with Gasteiger partial charge in [0.15, 0.2) is 0 Å². The summed E-state index contributed by atoms with van der Waals surface area (Å²) < 4.78 is 6.47. The number of esters is 1. The van der Waals surface area contributed by atoms with Crippen LogP contribution in [0.2, 0.25) is 0 Å². The second-order valence-corrected chi connectivity index (χ2v) is 5.95.